The molecule has 0 bridgehead atoms. The molecule has 5 atom stereocenters. The molecular formula is C35H37IO5. The highest BCUT2D eigenvalue weighted by molar-refractivity contribution is 14.1. The van der Waals surface area contributed by atoms with E-state index in [4.69, 9.17) is 23.7 Å². The van der Waals surface area contributed by atoms with Crippen LogP contribution in [0.2, 0.25) is 0 Å². The van der Waals surface area contributed by atoms with Crippen LogP contribution < -0.4 is 0 Å². The van der Waals surface area contributed by atoms with E-state index in [1.807, 2.05) is 72.8 Å². The second-order valence-electron chi connectivity index (χ2n) is 10.2. The summed E-state index contributed by atoms with van der Waals surface area (Å²) in [4.78, 5) is 0. The Labute approximate surface area is 256 Å². The maximum atomic E-state index is 6.71. The van der Waals surface area contributed by atoms with Crippen molar-refractivity contribution in [1.29, 1.82) is 0 Å². The molecule has 1 heterocycles. The highest BCUT2D eigenvalue weighted by Gasteiger charge is 2.48. The zero-order valence-electron chi connectivity index (χ0n) is 23.1. The Kier molecular flexibility index (Phi) is 11.8. The molecule has 1 saturated heterocycles. The first-order valence-electron chi connectivity index (χ1n) is 14.1. The molecule has 4 aromatic carbocycles. The Bertz CT molecular complexity index is 1260. The van der Waals surface area contributed by atoms with Crippen LogP contribution in [0.4, 0.5) is 0 Å². The predicted octanol–water partition coefficient (Wildman–Crippen LogP) is 7.16. The molecule has 0 saturated carbocycles. The lowest BCUT2D eigenvalue weighted by Gasteiger charge is -2.46. The number of rotatable bonds is 14. The van der Waals surface area contributed by atoms with Crippen LogP contribution in [0.15, 0.2) is 121 Å². The maximum Gasteiger partial charge on any atom is 0.115 e. The molecule has 41 heavy (non-hydrogen) atoms. The van der Waals surface area contributed by atoms with Gasteiger partial charge in [-0.05, 0) is 22.3 Å². The lowest BCUT2D eigenvalue weighted by Crippen LogP contribution is -2.61. The monoisotopic (exact) mass is 664 g/mol. The van der Waals surface area contributed by atoms with Crippen molar-refractivity contribution < 1.29 is 23.7 Å². The average molecular weight is 665 g/mol. The minimum atomic E-state index is -0.394. The molecular weight excluding hydrogens is 627 g/mol. The van der Waals surface area contributed by atoms with Crippen molar-refractivity contribution in [3.63, 3.8) is 0 Å². The first kappa shape index (κ1) is 29.9. The summed E-state index contributed by atoms with van der Waals surface area (Å²) < 4.78 is 33.6. The first-order chi connectivity index (χ1) is 20.3. The minimum absolute atomic E-state index is 0.179. The average Bonchev–Trinajstić information content (AvgIpc) is 3.04. The van der Waals surface area contributed by atoms with Crippen molar-refractivity contribution >= 4 is 22.6 Å². The van der Waals surface area contributed by atoms with E-state index < -0.39 is 6.10 Å². The van der Waals surface area contributed by atoms with Crippen molar-refractivity contribution in [2.45, 2.75) is 56.9 Å². The second-order valence-corrected chi connectivity index (χ2v) is 11.0. The van der Waals surface area contributed by atoms with Gasteiger partial charge in [0.2, 0.25) is 0 Å². The number of halogens is 1. The molecule has 0 spiro atoms. The summed E-state index contributed by atoms with van der Waals surface area (Å²) in [7, 11) is 0. The first-order valence-corrected chi connectivity index (χ1v) is 15.6. The number of alkyl halides is 1. The molecule has 1 fully saturated rings. The van der Waals surface area contributed by atoms with Crippen LogP contribution in [-0.2, 0) is 50.1 Å². The highest BCUT2D eigenvalue weighted by Crippen LogP contribution is 2.32. The molecule has 0 aromatic heterocycles. The van der Waals surface area contributed by atoms with Gasteiger partial charge in [0.25, 0.3) is 0 Å². The van der Waals surface area contributed by atoms with Gasteiger partial charge in [0, 0.05) is 4.43 Å². The molecule has 3 unspecified atom stereocenters. The van der Waals surface area contributed by atoms with Gasteiger partial charge in [0.1, 0.15) is 24.4 Å². The summed E-state index contributed by atoms with van der Waals surface area (Å²) in [6.07, 6.45) is -1.57. The molecule has 0 radical (unpaired) electrons. The van der Waals surface area contributed by atoms with Crippen LogP contribution in [0.25, 0.3) is 0 Å². The van der Waals surface area contributed by atoms with E-state index in [2.05, 4.69) is 71.1 Å². The molecule has 1 aliphatic heterocycles. The lowest BCUT2D eigenvalue weighted by atomic mass is 9.94. The van der Waals surface area contributed by atoms with E-state index in [1.165, 1.54) is 0 Å². The minimum Gasteiger partial charge on any atom is -0.374 e. The summed E-state index contributed by atoms with van der Waals surface area (Å²) in [5, 5.41) is 0. The Morgan fingerprint density at radius 1 is 0.463 bits per heavy atom. The fraction of sp³-hybridized carbons (Fsp3) is 0.314. The molecule has 0 aliphatic carbocycles. The zero-order chi connectivity index (χ0) is 28.1. The van der Waals surface area contributed by atoms with Gasteiger partial charge in [0.15, 0.2) is 0 Å². The third kappa shape index (κ3) is 8.95. The van der Waals surface area contributed by atoms with E-state index in [1.54, 1.807) is 0 Å². The standard InChI is InChI=1S/C35H37IO5/c36-21-31-33(38-23-28-15-7-2-8-16-28)35(40-25-30-19-11-4-12-20-30)34(39-24-29-17-9-3-10-18-29)32(41-31)26-37-22-27-13-5-1-6-14-27/h1-20,31-35H,21-26H2/t31-,32?,33?,34+,35?/m1/s1. The van der Waals surface area contributed by atoms with E-state index in [0.29, 0.717) is 33.0 Å². The van der Waals surface area contributed by atoms with E-state index in [0.717, 1.165) is 26.7 Å². The van der Waals surface area contributed by atoms with Crippen molar-refractivity contribution in [3.8, 4) is 0 Å². The van der Waals surface area contributed by atoms with Gasteiger partial charge in [-0.3, -0.25) is 0 Å². The van der Waals surface area contributed by atoms with E-state index in [-0.39, 0.29) is 24.4 Å². The molecule has 214 valence electrons. The Morgan fingerprint density at radius 2 is 0.829 bits per heavy atom. The van der Waals surface area contributed by atoms with Gasteiger partial charge in [0.05, 0.1) is 39.1 Å². The van der Waals surface area contributed by atoms with Crippen molar-refractivity contribution in [2.75, 3.05) is 11.0 Å². The van der Waals surface area contributed by atoms with Crippen LogP contribution in [0.3, 0.4) is 0 Å². The second kappa shape index (κ2) is 16.2. The Hall–Kier alpha value is -2.59. The summed E-state index contributed by atoms with van der Waals surface area (Å²) in [6.45, 7) is 2.25. The third-order valence-electron chi connectivity index (χ3n) is 7.13. The molecule has 1 aliphatic rings. The number of ether oxygens (including phenoxy) is 5. The maximum absolute atomic E-state index is 6.71. The smallest absolute Gasteiger partial charge is 0.115 e. The largest absolute Gasteiger partial charge is 0.374 e. The van der Waals surface area contributed by atoms with E-state index in [9.17, 15) is 0 Å². The van der Waals surface area contributed by atoms with Crippen molar-refractivity contribution in [3.05, 3.63) is 144 Å². The molecule has 0 amide bonds. The van der Waals surface area contributed by atoms with Crippen LogP contribution in [-0.4, -0.2) is 41.6 Å². The summed E-state index contributed by atoms with van der Waals surface area (Å²) in [5.41, 5.74) is 4.43. The molecule has 0 N–H and O–H groups in total. The van der Waals surface area contributed by atoms with Gasteiger partial charge >= 0.3 is 0 Å². The lowest BCUT2D eigenvalue weighted by molar-refractivity contribution is -0.267. The molecule has 6 heteroatoms. The highest BCUT2D eigenvalue weighted by atomic mass is 127. The zero-order valence-corrected chi connectivity index (χ0v) is 25.3. The summed E-state index contributed by atoms with van der Waals surface area (Å²) in [5.74, 6) is 0. The van der Waals surface area contributed by atoms with Gasteiger partial charge < -0.3 is 23.7 Å². The molecule has 4 aromatic rings. The topological polar surface area (TPSA) is 46.2 Å². The Morgan fingerprint density at radius 3 is 1.24 bits per heavy atom. The normalized spacial score (nSPS) is 22.4. The summed E-state index contributed by atoms with van der Waals surface area (Å²) in [6, 6.07) is 40.9. The van der Waals surface area contributed by atoms with Gasteiger partial charge in [-0.15, -0.1) is 0 Å². The van der Waals surface area contributed by atoms with Gasteiger partial charge in [-0.2, -0.15) is 0 Å². The van der Waals surface area contributed by atoms with Gasteiger partial charge in [-0.1, -0.05) is 144 Å². The van der Waals surface area contributed by atoms with Crippen molar-refractivity contribution in [2.24, 2.45) is 0 Å². The number of benzene rings is 4. The summed E-state index contributed by atoms with van der Waals surface area (Å²) >= 11 is 2.38. The Balaban J connectivity index is 1.38. The SMILES string of the molecule is IC[C@H]1OC(COCc2ccccc2)[C@H](OCc2ccccc2)C(OCc2ccccc2)C1OCc1ccccc1. The predicted molar refractivity (Wildman–Crippen MR) is 169 cm³/mol. The van der Waals surface area contributed by atoms with E-state index >= 15 is 0 Å². The molecule has 5 nitrogen and oxygen atoms in total. The van der Waals surface area contributed by atoms with Gasteiger partial charge in [-0.25, -0.2) is 0 Å². The quantitative estimate of drug-likeness (QED) is 0.106. The fourth-order valence-electron chi connectivity index (χ4n) is 5.01. The molecule has 5 rings (SSSR count). The number of hydrogen-bond donors (Lipinski definition) is 0. The van der Waals surface area contributed by atoms with Crippen LogP contribution in [0.1, 0.15) is 22.3 Å². The van der Waals surface area contributed by atoms with Crippen LogP contribution in [0, 0.1) is 0 Å². The van der Waals surface area contributed by atoms with Crippen LogP contribution >= 0.6 is 22.6 Å². The van der Waals surface area contributed by atoms with Crippen LogP contribution in [0.5, 0.6) is 0 Å². The number of hydrogen-bond acceptors (Lipinski definition) is 5. The third-order valence-corrected chi connectivity index (χ3v) is 8.00. The fourth-order valence-corrected chi connectivity index (χ4v) is 5.72. The van der Waals surface area contributed by atoms with Crippen molar-refractivity contribution in [1.82, 2.24) is 0 Å².